The fraction of sp³-hybridized carbons (Fsp3) is 0.407. The summed E-state index contributed by atoms with van der Waals surface area (Å²) in [6.07, 6.45) is 2.96. The number of nitrogens with zero attached hydrogens (tertiary/aromatic N) is 6. The van der Waals surface area contributed by atoms with Gasteiger partial charge >= 0.3 is 0 Å². The molecule has 1 N–H and O–H groups in total. The lowest BCUT2D eigenvalue weighted by Crippen LogP contribution is -2.44. The van der Waals surface area contributed by atoms with Crippen LogP contribution in [0.4, 0.5) is 0 Å². The van der Waals surface area contributed by atoms with Crippen LogP contribution in [0, 0.1) is 20.8 Å². The number of fused-ring (bicyclic) bond motifs is 3. The van der Waals surface area contributed by atoms with E-state index < -0.39 is 0 Å². The second kappa shape index (κ2) is 10.9. The van der Waals surface area contributed by atoms with Gasteiger partial charge in [0.1, 0.15) is 16.5 Å². The quantitative estimate of drug-likeness (QED) is 0.510. The maximum atomic E-state index is 12.8. The van der Waals surface area contributed by atoms with Gasteiger partial charge in [0.2, 0.25) is 5.91 Å². The van der Waals surface area contributed by atoms with Gasteiger partial charge in [-0.1, -0.05) is 23.7 Å². The number of rotatable bonds is 6. The summed E-state index contributed by atoms with van der Waals surface area (Å²) in [4.78, 5) is 23.8. The molecule has 0 bridgehead atoms. The number of thiophene rings is 1. The van der Waals surface area contributed by atoms with Crippen molar-refractivity contribution < 1.29 is 4.79 Å². The largest absolute Gasteiger partial charge is 0.330 e. The highest BCUT2D eigenvalue weighted by atomic mass is 35.5. The van der Waals surface area contributed by atoms with Gasteiger partial charge in [0.05, 0.1) is 5.71 Å². The number of benzene rings is 1. The van der Waals surface area contributed by atoms with Crippen LogP contribution in [0.5, 0.6) is 0 Å². The Labute approximate surface area is 226 Å². The zero-order chi connectivity index (χ0) is 26.1. The van der Waals surface area contributed by atoms with Crippen molar-refractivity contribution >= 4 is 40.3 Å². The first-order valence-electron chi connectivity index (χ1n) is 12.6. The van der Waals surface area contributed by atoms with Crippen molar-refractivity contribution in [3.8, 4) is 5.00 Å². The molecule has 0 saturated carbocycles. The van der Waals surface area contributed by atoms with E-state index in [1.54, 1.807) is 17.5 Å². The summed E-state index contributed by atoms with van der Waals surface area (Å²) >= 11 is 7.88. The second-order valence-corrected chi connectivity index (χ2v) is 11.3. The van der Waals surface area contributed by atoms with Gasteiger partial charge in [0.15, 0.2) is 5.82 Å². The van der Waals surface area contributed by atoms with Crippen molar-refractivity contribution in [1.29, 1.82) is 0 Å². The van der Waals surface area contributed by atoms with Crippen molar-refractivity contribution in [3.63, 3.8) is 0 Å². The smallest absolute Gasteiger partial charge is 0.224 e. The number of likely N-dealkylation sites (N-methyl/N-ethyl adjacent to an activating group) is 1. The average Bonchev–Trinajstić information content (AvgIpc) is 3.35. The topological polar surface area (TPSA) is 78.7 Å². The van der Waals surface area contributed by atoms with Crippen LogP contribution in [0.25, 0.3) is 10.7 Å². The number of amides is 1. The number of halogens is 1. The third-order valence-corrected chi connectivity index (χ3v) is 8.50. The average molecular weight is 538 g/mol. The van der Waals surface area contributed by atoms with E-state index in [1.165, 1.54) is 10.4 Å². The van der Waals surface area contributed by atoms with Crippen molar-refractivity contribution in [2.24, 2.45) is 4.99 Å². The number of aryl methyl sites for hydroxylation is 2. The fourth-order valence-electron chi connectivity index (χ4n) is 4.71. The lowest BCUT2D eigenvalue weighted by molar-refractivity contribution is -0.120. The minimum Gasteiger partial charge on any atom is -0.330 e. The highest BCUT2D eigenvalue weighted by molar-refractivity contribution is 7.15. The Hall–Kier alpha value is -2.85. The summed E-state index contributed by atoms with van der Waals surface area (Å²) in [5, 5.41) is 13.5. The first-order valence-corrected chi connectivity index (χ1v) is 13.8. The molecule has 5 rings (SSSR count). The molecule has 0 spiro atoms. The molecule has 4 heterocycles. The van der Waals surface area contributed by atoms with Crippen LogP contribution >= 0.6 is 22.9 Å². The molecule has 10 heteroatoms. The van der Waals surface area contributed by atoms with Gasteiger partial charge in [0, 0.05) is 59.8 Å². The van der Waals surface area contributed by atoms with Crippen LogP contribution in [-0.4, -0.2) is 76.0 Å². The summed E-state index contributed by atoms with van der Waals surface area (Å²) in [5.74, 6) is 1.36. The molecular formula is C27H32ClN7OS. The minimum atomic E-state index is -0.0290. The van der Waals surface area contributed by atoms with E-state index in [0.717, 1.165) is 66.8 Å². The molecule has 0 atom stereocenters. The molecule has 2 aromatic heterocycles. The van der Waals surface area contributed by atoms with Crippen LogP contribution in [0.15, 0.2) is 35.5 Å². The van der Waals surface area contributed by atoms with E-state index in [1.807, 2.05) is 35.8 Å². The van der Waals surface area contributed by atoms with E-state index in [-0.39, 0.29) is 5.91 Å². The van der Waals surface area contributed by atoms with E-state index in [0.29, 0.717) is 23.0 Å². The molecule has 8 nitrogen and oxygen atoms in total. The van der Waals surface area contributed by atoms with Gasteiger partial charge in [0.25, 0.3) is 0 Å². The van der Waals surface area contributed by atoms with Gasteiger partial charge < -0.3 is 15.1 Å². The molecule has 0 radical (unpaired) electrons. The van der Waals surface area contributed by atoms with Crippen LogP contribution < -0.4 is 5.32 Å². The van der Waals surface area contributed by atoms with Crippen molar-refractivity contribution in [2.75, 3.05) is 39.8 Å². The number of aromatic nitrogens is 3. The summed E-state index contributed by atoms with van der Waals surface area (Å²) in [7, 11) is 2.15. The van der Waals surface area contributed by atoms with Crippen LogP contribution in [0.2, 0.25) is 5.02 Å². The highest BCUT2D eigenvalue weighted by Gasteiger charge is 2.29. The molecule has 0 unspecified atom stereocenters. The number of hydrogen-bond donors (Lipinski definition) is 1. The van der Waals surface area contributed by atoms with Gasteiger partial charge in [-0.2, -0.15) is 0 Å². The lowest BCUT2D eigenvalue weighted by Gasteiger charge is -2.32. The first-order chi connectivity index (χ1) is 17.8. The predicted molar refractivity (Wildman–Crippen MR) is 150 cm³/mol. The number of carbonyl (C=O) groups excluding carboxylic acids is 1. The van der Waals surface area contributed by atoms with E-state index in [9.17, 15) is 4.79 Å². The van der Waals surface area contributed by atoms with E-state index >= 15 is 0 Å². The summed E-state index contributed by atoms with van der Waals surface area (Å²) in [5.41, 5.74) is 4.57. The van der Waals surface area contributed by atoms with Crippen LogP contribution in [-0.2, 0) is 4.79 Å². The number of piperazine rings is 1. The minimum absolute atomic E-state index is 0.0290. The van der Waals surface area contributed by atoms with Gasteiger partial charge in [-0.25, -0.2) is 4.99 Å². The first kappa shape index (κ1) is 25.8. The van der Waals surface area contributed by atoms with E-state index in [2.05, 4.69) is 46.2 Å². The molecule has 37 heavy (non-hydrogen) atoms. The Bertz CT molecular complexity index is 1360. The normalized spacial score (nSPS) is 17.3. The number of aliphatic imine (C=N–C) groups is 1. The third kappa shape index (κ3) is 5.40. The summed E-state index contributed by atoms with van der Waals surface area (Å²) in [6.45, 7) is 11.4. The number of carbonyl (C=O) groups is 1. The summed E-state index contributed by atoms with van der Waals surface area (Å²) < 4.78 is 2.04. The Kier molecular flexibility index (Phi) is 7.57. The highest BCUT2D eigenvalue weighted by Crippen LogP contribution is 2.38. The van der Waals surface area contributed by atoms with Crippen molar-refractivity contribution in [3.05, 3.63) is 68.7 Å². The Morgan fingerprint density at radius 3 is 2.57 bits per heavy atom. The molecule has 3 aromatic rings. The predicted octanol–water partition coefficient (Wildman–Crippen LogP) is 4.20. The van der Waals surface area contributed by atoms with Crippen LogP contribution in [0.3, 0.4) is 0 Å². The number of nitrogens with one attached hydrogen (secondary N) is 1. The Morgan fingerprint density at radius 1 is 1.11 bits per heavy atom. The van der Waals surface area contributed by atoms with Crippen molar-refractivity contribution in [2.45, 2.75) is 33.6 Å². The van der Waals surface area contributed by atoms with Crippen LogP contribution in [0.1, 0.15) is 46.1 Å². The second-order valence-electron chi connectivity index (χ2n) is 9.68. The monoisotopic (exact) mass is 537 g/mol. The molecule has 1 fully saturated rings. The zero-order valence-corrected chi connectivity index (χ0v) is 23.3. The lowest BCUT2D eigenvalue weighted by atomic mass is 10.00. The standard InChI is InChI=1S/C27H32ClN7OS/c1-17-18(2)37-27-24(17)25(20-7-9-21(28)10-8-20)30-22(26-32-31-19(3)35(26)27)16-29-23(36)6-5-11-34-14-12-33(4)13-15-34/h7-10,16H,5-6,11-15H2,1-4H3,(H,29,36). The third-order valence-electron chi connectivity index (χ3n) is 7.05. The van der Waals surface area contributed by atoms with Gasteiger partial charge in [-0.15, -0.1) is 21.5 Å². The molecule has 1 aromatic carbocycles. The molecule has 194 valence electrons. The van der Waals surface area contributed by atoms with Gasteiger partial charge in [-0.05, 0) is 58.5 Å². The summed E-state index contributed by atoms with van der Waals surface area (Å²) in [6, 6.07) is 7.70. The maximum absolute atomic E-state index is 12.8. The van der Waals surface area contributed by atoms with Gasteiger partial charge in [-0.3, -0.25) is 9.36 Å². The molecule has 2 aliphatic rings. The SMILES string of the molecule is Cc1sc2c(c1C)C(c1ccc(Cl)cc1)=NC(=CNC(=O)CCCN1CCN(C)CC1)c1nnc(C)n1-2. The Morgan fingerprint density at radius 2 is 1.84 bits per heavy atom. The Balaban J connectivity index is 1.43. The molecular weight excluding hydrogens is 506 g/mol. The molecule has 1 saturated heterocycles. The molecule has 0 aliphatic carbocycles. The molecule has 1 amide bonds. The fourth-order valence-corrected chi connectivity index (χ4v) is 6.05. The van der Waals surface area contributed by atoms with Crippen molar-refractivity contribution in [1.82, 2.24) is 29.9 Å². The van der Waals surface area contributed by atoms with E-state index in [4.69, 9.17) is 16.6 Å². The number of hydrogen-bond acceptors (Lipinski definition) is 7. The zero-order valence-electron chi connectivity index (χ0n) is 21.7. The maximum Gasteiger partial charge on any atom is 0.224 e. The molecule has 2 aliphatic heterocycles.